The summed E-state index contributed by atoms with van der Waals surface area (Å²) in [6.07, 6.45) is 0. The van der Waals surface area contributed by atoms with Crippen LogP contribution < -0.4 is 21.3 Å². The fourth-order valence-corrected chi connectivity index (χ4v) is 3.44. The van der Waals surface area contributed by atoms with E-state index in [1.165, 1.54) is 5.69 Å². The fraction of sp³-hybridized carbons (Fsp3) is 0.348. The first-order valence-corrected chi connectivity index (χ1v) is 10.6. The Morgan fingerprint density at radius 2 is 1.65 bits per heavy atom. The van der Waals surface area contributed by atoms with E-state index in [1.54, 1.807) is 12.1 Å². The van der Waals surface area contributed by atoms with Gasteiger partial charge in [-0.3, -0.25) is 9.59 Å². The predicted molar refractivity (Wildman–Crippen MR) is 123 cm³/mol. The number of piperazine rings is 1. The summed E-state index contributed by atoms with van der Waals surface area (Å²) in [5.41, 5.74) is 7.80. The highest BCUT2D eigenvalue weighted by molar-refractivity contribution is 5.96. The van der Waals surface area contributed by atoms with Gasteiger partial charge in [-0.05, 0) is 36.8 Å². The first-order chi connectivity index (χ1) is 15.1. The summed E-state index contributed by atoms with van der Waals surface area (Å²) in [5, 5.41) is 5.87. The summed E-state index contributed by atoms with van der Waals surface area (Å²) in [6.45, 7) is 6.91. The lowest BCUT2D eigenvalue weighted by Crippen LogP contribution is -2.52. The number of hydrogen-bond acceptors (Lipinski definition) is 4. The lowest BCUT2D eigenvalue weighted by Gasteiger charge is -2.37. The molecule has 164 valence electrons. The molecule has 31 heavy (non-hydrogen) atoms. The number of guanidine groups is 1. The highest BCUT2D eigenvalue weighted by Gasteiger charge is 2.19. The Morgan fingerprint density at radius 1 is 0.968 bits per heavy atom. The average molecular weight is 423 g/mol. The first kappa shape index (κ1) is 22.1. The zero-order chi connectivity index (χ0) is 22.1. The molecule has 0 saturated carbocycles. The van der Waals surface area contributed by atoms with Crippen LogP contribution in [0.3, 0.4) is 0 Å². The van der Waals surface area contributed by atoms with Gasteiger partial charge in [-0.15, -0.1) is 0 Å². The second-order valence-corrected chi connectivity index (χ2v) is 7.33. The Kier molecular flexibility index (Phi) is 7.86. The molecule has 1 aliphatic rings. The van der Waals surface area contributed by atoms with Crippen LogP contribution in [0, 0.1) is 0 Å². The number of nitrogens with two attached hydrogens (primary N) is 1. The van der Waals surface area contributed by atoms with Crippen LogP contribution in [-0.4, -0.2) is 61.9 Å². The van der Waals surface area contributed by atoms with Crippen molar-refractivity contribution in [2.24, 2.45) is 10.7 Å². The molecular formula is C23H30N6O2. The normalized spacial score (nSPS) is 14.3. The Labute approximate surface area is 183 Å². The lowest BCUT2D eigenvalue weighted by atomic mass is 10.1. The number of carbonyl (C=O) groups excluding carboxylic acids is 2. The number of hydrogen-bond donors (Lipinski definition) is 3. The SMILES string of the molecule is CCNC(=NCc1ccc(C(=O)NCC(N)=O)cc1)N1CCN(c2ccccc2)CC1. The summed E-state index contributed by atoms with van der Waals surface area (Å²) < 4.78 is 0. The highest BCUT2D eigenvalue weighted by Crippen LogP contribution is 2.15. The molecule has 0 atom stereocenters. The molecule has 8 nitrogen and oxygen atoms in total. The minimum absolute atomic E-state index is 0.172. The number of carbonyl (C=O) groups is 2. The van der Waals surface area contributed by atoms with Crippen molar-refractivity contribution in [3.05, 3.63) is 65.7 Å². The van der Waals surface area contributed by atoms with Gasteiger partial charge in [-0.2, -0.15) is 0 Å². The van der Waals surface area contributed by atoms with Crippen molar-refractivity contribution in [2.75, 3.05) is 44.2 Å². The fourth-order valence-electron chi connectivity index (χ4n) is 3.44. The minimum atomic E-state index is -0.570. The third kappa shape index (κ3) is 6.47. The summed E-state index contributed by atoms with van der Waals surface area (Å²) in [7, 11) is 0. The number of benzene rings is 2. The largest absolute Gasteiger partial charge is 0.368 e. The molecule has 0 aromatic heterocycles. The van der Waals surface area contributed by atoms with E-state index in [9.17, 15) is 9.59 Å². The van der Waals surface area contributed by atoms with Gasteiger partial charge in [0.1, 0.15) is 0 Å². The quantitative estimate of drug-likeness (QED) is 0.459. The average Bonchev–Trinajstić information content (AvgIpc) is 2.81. The number of nitrogens with zero attached hydrogens (tertiary/aromatic N) is 3. The molecule has 2 aromatic carbocycles. The summed E-state index contributed by atoms with van der Waals surface area (Å²) in [6, 6.07) is 17.7. The van der Waals surface area contributed by atoms with Gasteiger partial charge in [0.2, 0.25) is 5.91 Å². The van der Waals surface area contributed by atoms with E-state index in [0.717, 1.165) is 44.2 Å². The molecular weight excluding hydrogens is 392 g/mol. The summed E-state index contributed by atoms with van der Waals surface area (Å²) in [4.78, 5) is 32.2. The summed E-state index contributed by atoms with van der Waals surface area (Å²) in [5.74, 6) is 0.0110. The number of amides is 2. The molecule has 3 rings (SSSR count). The van der Waals surface area contributed by atoms with Crippen LogP contribution in [-0.2, 0) is 11.3 Å². The van der Waals surface area contributed by atoms with Crippen LogP contribution in [0.15, 0.2) is 59.6 Å². The van der Waals surface area contributed by atoms with Crippen molar-refractivity contribution in [2.45, 2.75) is 13.5 Å². The second-order valence-electron chi connectivity index (χ2n) is 7.33. The van der Waals surface area contributed by atoms with Gasteiger partial charge in [-0.25, -0.2) is 4.99 Å². The van der Waals surface area contributed by atoms with Crippen molar-refractivity contribution in [1.82, 2.24) is 15.5 Å². The smallest absolute Gasteiger partial charge is 0.251 e. The van der Waals surface area contributed by atoms with E-state index in [2.05, 4.69) is 51.6 Å². The number of primary amides is 1. The van der Waals surface area contributed by atoms with Crippen molar-refractivity contribution in [3.63, 3.8) is 0 Å². The van der Waals surface area contributed by atoms with Crippen molar-refractivity contribution < 1.29 is 9.59 Å². The molecule has 0 spiro atoms. The molecule has 0 aliphatic carbocycles. The van der Waals surface area contributed by atoms with E-state index in [4.69, 9.17) is 10.7 Å². The first-order valence-electron chi connectivity index (χ1n) is 10.6. The predicted octanol–water partition coefficient (Wildman–Crippen LogP) is 1.19. The maximum Gasteiger partial charge on any atom is 0.251 e. The van der Waals surface area contributed by atoms with Crippen LogP contribution in [0.2, 0.25) is 0 Å². The Balaban J connectivity index is 1.57. The maximum atomic E-state index is 12.0. The molecule has 1 saturated heterocycles. The van der Waals surface area contributed by atoms with E-state index >= 15 is 0 Å². The maximum absolute atomic E-state index is 12.0. The summed E-state index contributed by atoms with van der Waals surface area (Å²) >= 11 is 0. The Morgan fingerprint density at radius 3 is 2.26 bits per heavy atom. The molecule has 1 heterocycles. The molecule has 8 heteroatoms. The number of anilines is 1. The van der Waals surface area contributed by atoms with Gasteiger partial charge in [0, 0.05) is 44.0 Å². The van der Waals surface area contributed by atoms with Gasteiger partial charge in [0.15, 0.2) is 5.96 Å². The molecule has 4 N–H and O–H groups in total. The van der Waals surface area contributed by atoms with Crippen molar-refractivity contribution in [3.8, 4) is 0 Å². The molecule has 2 aromatic rings. The van der Waals surface area contributed by atoms with Crippen LogP contribution in [0.1, 0.15) is 22.8 Å². The number of aliphatic imine (C=N–C) groups is 1. The second kappa shape index (κ2) is 11.0. The Bertz CT molecular complexity index is 890. The van der Waals surface area contributed by atoms with Gasteiger partial charge in [0.25, 0.3) is 5.91 Å². The van der Waals surface area contributed by atoms with Crippen molar-refractivity contribution >= 4 is 23.5 Å². The van der Waals surface area contributed by atoms with Crippen LogP contribution >= 0.6 is 0 Å². The van der Waals surface area contributed by atoms with Gasteiger partial charge < -0.3 is 26.2 Å². The molecule has 2 amide bonds. The van der Waals surface area contributed by atoms with Crippen LogP contribution in [0.4, 0.5) is 5.69 Å². The third-order valence-electron chi connectivity index (χ3n) is 5.09. The minimum Gasteiger partial charge on any atom is -0.368 e. The topological polar surface area (TPSA) is 103 Å². The van der Waals surface area contributed by atoms with Gasteiger partial charge >= 0.3 is 0 Å². The molecule has 0 bridgehead atoms. The van der Waals surface area contributed by atoms with Crippen LogP contribution in [0.25, 0.3) is 0 Å². The number of rotatable bonds is 7. The molecule has 0 unspecified atom stereocenters. The van der Waals surface area contributed by atoms with E-state index < -0.39 is 5.91 Å². The number of para-hydroxylation sites is 1. The monoisotopic (exact) mass is 422 g/mol. The molecule has 1 fully saturated rings. The number of nitrogens with one attached hydrogen (secondary N) is 2. The van der Waals surface area contributed by atoms with Gasteiger partial charge in [0.05, 0.1) is 13.1 Å². The lowest BCUT2D eigenvalue weighted by molar-refractivity contribution is -0.117. The zero-order valence-electron chi connectivity index (χ0n) is 17.9. The molecule has 0 radical (unpaired) electrons. The zero-order valence-corrected chi connectivity index (χ0v) is 17.9. The van der Waals surface area contributed by atoms with Crippen LogP contribution in [0.5, 0.6) is 0 Å². The van der Waals surface area contributed by atoms with E-state index in [1.807, 2.05) is 18.2 Å². The van der Waals surface area contributed by atoms with Crippen molar-refractivity contribution in [1.29, 1.82) is 0 Å². The Hall–Kier alpha value is -3.55. The van der Waals surface area contributed by atoms with E-state index in [-0.39, 0.29) is 12.5 Å². The standard InChI is InChI=1S/C23H30N6O2/c1-2-25-23(29-14-12-28(13-15-29)20-6-4-3-5-7-20)27-16-18-8-10-19(11-9-18)22(31)26-17-21(24)30/h3-11H,2,12-17H2,1H3,(H2,24,30)(H,25,27)(H,26,31). The highest BCUT2D eigenvalue weighted by atomic mass is 16.2. The third-order valence-corrected chi connectivity index (χ3v) is 5.09. The van der Waals surface area contributed by atoms with E-state index in [0.29, 0.717) is 12.1 Å². The van der Waals surface area contributed by atoms with Gasteiger partial charge in [-0.1, -0.05) is 30.3 Å². The molecule has 1 aliphatic heterocycles.